The van der Waals surface area contributed by atoms with Crippen LogP contribution in [0.5, 0.6) is 0 Å². The maximum Gasteiger partial charge on any atom is 0.272 e. The van der Waals surface area contributed by atoms with E-state index in [4.69, 9.17) is 0 Å². The van der Waals surface area contributed by atoms with Crippen LogP contribution in [0.1, 0.15) is 26.9 Å². The van der Waals surface area contributed by atoms with Gasteiger partial charge in [-0.25, -0.2) is 4.98 Å². The molecule has 1 amide bonds. The Bertz CT molecular complexity index is 1110. The van der Waals surface area contributed by atoms with Crippen molar-refractivity contribution in [1.82, 2.24) is 29.9 Å². The van der Waals surface area contributed by atoms with Gasteiger partial charge in [-0.05, 0) is 32.0 Å². The summed E-state index contributed by atoms with van der Waals surface area (Å²) in [5.41, 5.74) is 5.02. The summed E-state index contributed by atoms with van der Waals surface area (Å²) >= 11 is 1.61. The van der Waals surface area contributed by atoms with E-state index >= 15 is 0 Å². The number of rotatable bonds is 4. The second-order valence-electron chi connectivity index (χ2n) is 6.57. The lowest BCUT2D eigenvalue weighted by molar-refractivity contribution is 0.0779. The Morgan fingerprint density at radius 2 is 2.07 bits per heavy atom. The summed E-state index contributed by atoms with van der Waals surface area (Å²) in [6.45, 7) is 4.39. The van der Waals surface area contributed by atoms with Crippen molar-refractivity contribution in [3.05, 3.63) is 52.4 Å². The van der Waals surface area contributed by atoms with Gasteiger partial charge in [0.25, 0.3) is 5.91 Å². The molecule has 0 radical (unpaired) electrons. The number of fused-ring (bicyclic) bond motifs is 1. The molecule has 138 valence electrons. The molecule has 0 fully saturated rings. The highest BCUT2D eigenvalue weighted by Crippen LogP contribution is 2.26. The number of thiazole rings is 1. The second kappa shape index (κ2) is 6.62. The molecule has 0 atom stereocenters. The average Bonchev–Trinajstić information content (AvgIpc) is 3.32. The lowest BCUT2D eigenvalue weighted by atomic mass is 10.1. The number of hydrogen-bond acceptors (Lipinski definition) is 5. The largest absolute Gasteiger partial charge is 0.334 e. The maximum absolute atomic E-state index is 12.8. The number of benzene rings is 1. The van der Waals surface area contributed by atoms with E-state index in [1.807, 2.05) is 49.8 Å². The molecule has 0 saturated carbocycles. The van der Waals surface area contributed by atoms with Gasteiger partial charge in [-0.1, -0.05) is 12.1 Å². The van der Waals surface area contributed by atoms with Gasteiger partial charge >= 0.3 is 0 Å². The summed E-state index contributed by atoms with van der Waals surface area (Å²) in [4.78, 5) is 19.0. The fourth-order valence-electron chi connectivity index (χ4n) is 3.17. The number of para-hydroxylation sites is 1. The molecule has 4 rings (SSSR count). The summed E-state index contributed by atoms with van der Waals surface area (Å²) in [5.74, 6) is -0.118. The first-order chi connectivity index (χ1) is 12.9. The van der Waals surface area contributed by atoms with Gasteiger partial charge < -0.3 is 4.90 Å². The normalized spacial score (nSPS) is 11.3. The average molecular weight is 380 g/mol. The van der Waals surface area contributed by atoms with E-state index in [2.05, 4.69) is 20.3 Å². The topological polar surface area (TPSA) is 79.7 Å². The summed E-state index contributed by atoms with van der Waals surface area (Å²) in [6.07, 6.45) is 0. The van der Waals surface area contributed by atoms with E-state index in [1.54, 1.807) is 29.4 Å². The minimum Gasteiger partial charge on any atom is -0.334 e. The fourth-order valence-corrected chi connectivity index (χ4v) is 4.19. The van der Waals surface area contributed by atoms with Crippen molar-refractivity contribution in [1.29, 1.82) is 0 Å². The third-order valence-electron chi connectivity index (χ3n) is 4.63. The van der Waals surface area contributed by atoms with Crippen LogP contribution in [0.3, 0.4) is 0 Å². The molecule has 8 heteroatoms. The molecule has 0 aliphatic heterocycles. The van der Waals surface area contributed by atoms with Gasteiger partial charge in [0.2, 0.25) is 0 Å². The third kappa shape index (κ3) is 3.12. The summed E-state index contributed by atoms with van der Waals surface area (Å²) in [5, 5.41) is 12.5. The molecule has 0 aliphatic carbocycles. The molecule has 3 heterocycles. The number of carbonyl (C=O) groups excluding carboxylic acids is 1. The molecule has 1 N–H and O–H groups in total. The highest BCUT2D eigenvalue weighted by Gasteiger charge is 2.20. The Balaban J connectivity index is 1.55. The van der Waals surface area contributed by atoms with Gasteiger partial charge in [0, 0.05) is 25.4 Å². The first kappa shape index (κ1) is 17.4. The van der Waals surface area contributed by atoms with Crippen LogP contribution < -0.4 is 0 Å². The van der Waals surface area contributed by atoms with E-state index in [9.17, 15) is 4.79 Å². The summed E-state index contributed by atoms with van der Waals surface area (Å²) in [7, 11) is 3.67. The van der Waals surface area contributed by atoms with Gasteiger partial charge in [-0.15, -0.1) is 11.3 Å². The number of aryl methyl sites for hydroxylation is 2. The fraction of sp³-hybridized carbons (Fsp3) is 0.263. The molecule has 0 aliphatic rings. The minimum absolute atomic E-state index is 0.118. The van der Waals surface area contributed by atoms with Crippen LogP contribution in [-0.4, -0.2) is 42.8 Å². The molecule has 0 spiro atoms. The van der Waals surface area contributed by atoms with Crippen molar-refractivity contribution in [2.24, 2.45) is 7.05 Å². The Labute approximate surface area is 160 Å². The van der Waals surface area contributed by atoms with Crippen molar-refractivity contribution >= 4 is 27.5 Å². The molecule has 0 unspecified atom stereocenters. The monoisotopic (exact) mass is 380 g/mol. The summed E-state index contributed by atoms with van der Waals surface area (Å²) in [6, 6.07) is 9.77. The maximum atomic E-state index is 12.8. The number of nitrogens with one attached hydrogen (secondary N) is 1. The zero-order chi connectivity index (χ0) is 19.1. The van der Waals surface area contributed by atoms with E-state index in [1.165, 1.54) is 0 Å². The predicted molar refractivity (Wildman–Crippen MR) is 106 cm³/mol. The highest BCUT2D eigenvalue weighted by atomic mass is 32.1. The van der Waals surface area contributed by atoms with Crippen LogP contribution in [0.25, 0.3) is 21.5 Å². The zero-order valence-corrected chi connectivity index (χ0v) is 16.5. The van der Waals surface area contributed by atoms with Crippen molar-refractivity contribution in [2.75, 3.05) is 7.05 Å². The van der Waals surface area contributed by atoms with Crippen LogP contribution in [0.15, 0.2) is 30.3 Å². The molecule has 4 aromatic rings. The Morgan fingerprint density at radius 1 is 1.30 bits per heavy atom. The highest BCUT2D eigenvalue weighted by molar-refractivity contribution is 7.18. The van der Waals surface area contributed by atoms with Gasteiger partial charge in [-0.3, -0.25) is 14.6 Å². The van der Waals surface area contributed by atoms with Crippen molar-refractivity contribution in [3.8, 4) is 11.3 Å². The lowest BCUT2D eigenvalue weighted by Crippen LogP contribution is -2.26. The molecule has 0 bridgehead atoms. The molecule has 27 heavy (non-hydrogen) atoms. The van der Waals surface area contributed by atoms with Crippen molar-refractivity contribution < 1.29 is 4.79 Å². The Hall–Kier alpha value is -3.00. The standard InChI is InChI=1S/C19H20N6OS/c1-11-18(12(2)25(4)23-11)14-9-15(22-21-14)19(26)24(3)10-17-20-13-7-5-6-8-16(13)27-17/h5-9H,10H2,1-4H3,(H,21,22). The number of amides is 1. The summed E-state index contributed by atoms with van der Waals surface area (Å²) < 4.78 is 2.94. The van der Waals surface area contributed by atoms with Crippen LogP contribution >= 0.6 is 11.3 Å². The number of nitrogens with zero attached hydrogens (tertiary/aromatic N) is 5. The molecular weight excluding hydrogens is 360 g/mol. The minimum atomic E-state index is -0.118. The third-order valence-corrected chi connectivity index (χ3v) is 5.65. The molecule has 1 aromatic carbocycles. The van der Waals surface area contributed by atoms with Crippen LogP contribution in [-0.2, 0) is 13.6 Å². The number of aromatic nitrogens is 5. The SMILES string of the molecule is Cc1nn(C)c(C)c1-c1cc(C(=O)N(C)Cc2nc3ccccc3s2)[nH]n1. The van der Waals surface area contributed by atoms with Crippen LogP contribution in [0.2, 0.25) is 0 Å². The first-order valence-electron chi connectivity index (χ1n) is 8.60. The Morgan fingerprint density at radius 3 is 2.78 bits per heavy atom. The zero-order valence-electron chi connectivity index (χ0n) is 15.6. The first-order valence-corrected chi connectivity index (χ1v) is 9.41. The smallest absolute Gasteiger partial charge is 0.272 e. The number of H-pyrrole nitrogens is 1. The number of hydrogen-bond donors (Lipinski definition) is 1. The van der Waals surface area contributed by atoms with E-state index in [-0.39, 0.29) is 5.91 Å². The van der Waals surface area contributed by atoms with Gasteiger partial charge in [-0.2, -0.15) is 10.2 Å². The van der Waals surface area contributed by atoms with Gasteiger partial charge in [0.05, 0.1) is 28.1 Å². The van der Waals surface area contributed by atoms with E-state index < -0.39 is 0 Å². The number of aromatic amines is 1. The second-order valence-corrected chi connectivity index (χ2v) is 7.69. The van der Waals surface area contributed by atoms with E-state index in [0.717, 1.165) is 37.9 Å². The Kier molecular flexibility index (Phi) is 4.27. The molecular formula is C19H20N6OS. The van der Waals surface area contributed by atoms with Gasteiger partial charge in [0.15, 0.2) is 0 Å². The number of carbonyl (C=O) groups is 1. The van der Waals surface area contributed by atoms with Crippen molar-refractivity contribution in [2.45, 2.75) is 20.4 Å². The lowest BCUT2D eigenvalue weighted by Gasteiger charge is -2.13. The van der Waals surface area contributed by atoms with E-state index in [0.29, 0.717) is 12.2 Å². The van der Waals surface area contributed by atoms with Crippen LogP contribution in [0, 0.1) is 13.8 Å². The van der Waals surface area contributed by atoms with Crippen molar-refractivity contribution in [3.63, 3.8) is 0 Å². The van der Waals surface area contributed by atoms with Gasteiger partial charge in [0.1, 0.15) is 10.7 Å². The quantitative estimate of drug-likeness (QED) is 0.589. The molecule has 3 aromatic heterocycles. The predicted octanol–water partition coefficient (Wildman–Crippen LogP) is 3.31. The molecule has 7 nitrogen and oxygen atoms in total. The molecule has 0 saturated heterocycles. The van der Waals surface area contributed by atoms with Crippen LogP contribution in [0.4, 0.5) is 0 Å².